The van der Waals surface area contributed by atoms with Gasteiger partial charge in [-0.15, -0.1) is 23.1 Å². The van der Waals surface area contributed by atoms with Crippen LogP contribution in [-0.2, 0) is 15.0 Å². The Balaban J connectivity index is 1.96. The summed E-state index contributed by atoms with van der Waals surface area (Å²) in [6, 6.07) is 12.3. The summed E-state index contributed by atoms with van der Waals surface area (Å²) >= 11 is 3.31. The third-order valence-electron chi connectivity index (χ3n) is 6.17. The summed E-state index contributed by atoms with van der Waals surface area (Å²) in [4.78, 5) is 29.4. The zero-order chi connectivity index (χ0) is 25.3. The van der Waals surface area contributed by atoms with Crippen molar-refractivity contribution < 1.29 is 9.59 Å². The van der Waals surface area contributed by atoms with Gasteiger partial charge in [-0.05, 0) is 49.4 Å². The molecule has 1 aliphatic heterocycles. The average molecular weight is 511 g/mol. The van der Waals surface area contributed by atoms with Gasteiger partial charge in [0.15, 0.2) is 0 Å². The van der Waals surface area contributed by atoms with Crippen LogP contribution in [0.1, 0.15) is 68.0 Å². The second-order valence-corrected chi connectivity index (χ2v) is 12.2. The number of nitrogens with zero attached hydrogens (tertiary/aromatic N) is 3. The van der Waals surface area contributed by atoms with Crippen molar-refractivity contribution in [3.63, 3.8) is 0 Å². The molecule has 3 aromatic rings. The standard InChI is InChI=1S/C27H34N4O2S2/c1-7-18(3)28-21(32)15-30-22(33)16-35-24(20-12-9-13-34-20)23-25(27(4,5)6)29-31(26(23)30)19-11-8-10-17(2)14-19/h8-14,18,24H,7,15-16H2,1-6H3,(H,28,32)/t18-,24+/m0/s1. The highest BCUT2D eigenvalue weighted by Crippen LogP contribution is 2.49. The minimum atomic E-state index is -0.257. The van der Waals surface area contributed by atoms with Crippen molar-refractivity contribution in [2.75, 3.05) is 17.2 Å². The SMILES string of the molecule is CC[C@H](C)NC(=O)CN1C(=O)CS[C@H](c2cccs2)c2c(C(C)(C)C)nn(-c3cccc(C)c3)c21. The number of carbonyl (C=O) groups is 2. The number of aromatic nitrogens is 2. The van der Waals surface area contributed by atoms with Gasteiger partial charge in [0.05, 0.1) is 22.4 Å². The number of carbonyl (C=O) groups excluding carboxylic acids is 2. The van der Waals surface area contributed by atoms with Gasteiger partial charge in [0.25, 0.3) is 0 Å². The number of thiophene rings is 1. The zero-order valence-electron chi connectivity index (χ0n) is 21.3. The Morgan fingerprint density at radius 2 is 2.03 bits per heavy atom. The molecule has 1 N–H and O–H groups in total. The minimum Gasteiger partial charge on any atom is -0.352 e. The Bertz CT molecular complexity index is 1210. The molecule has 35 heavy (non-hydrogen) atoms. The number of aryl methyl sites for hydroxylation is 1. The summed E-state index contributed by atoms with van der Waals surface area (Å²) in [6.07, 6.45) is 0.830. The summed E-state index contributed by atoms with van der Waals surface area (Å²) in [6.45, 7) is 12.5. The highest BCUT2D eigenvalue weighted by atomic mass is 32.2. The van der Waals surface area contributed by atoms with E-state index in [1.807, 2.05) is 49.7 Å². The third kappa shape index (κ3) is 5.33. The molecule has 0 radical (unpaired) electrons. The predicted molar refractivity (Wildman–Crippen MR) is 146 cm³/mol. The van der Waals surface area contributed by atoms with E-state index < -0.39 is 0 Å². The molecule has 6 nitrogen and oxygen atoms in total. The monoisotopic (exact) mass is 510 g/mol. The quantitative estimate of drug-likeness (QED) is 0.467. The number of benzene rings is 1. The summed E-state index contributed by atoms with van der Waals surface area (Å²) in [5.41, 5.74) is 3.70. The van der Waals surface area contributed by atoms with Crippen LogP contribution in [0, 0.1) is 6.92 Å². The molecule has 4 rings (SSSR count). The number of rotatable bonds is 6. The first-order valence-corrected chi connectivity index (χ1v) is 14.0. The lowest BCUT2D eigenvalue weighted by Gasteiger charge is -2.24. The largest absolute Gasteiger partial charge is 0.352 e. The number of amides is 2. The Morgan fingerprint density at radius 3 is 2.66 bits per heavy atom. The Hall–Kier alpha value is -2.58. The Labute approximate surface area is 216 Å². The van der Waals surface area contributed by atoms with E-state index in [0.717, 1.165) is 28.9 Å². The normalized spacial score (nSPS) is 17.1. The lowest BCUT2D eigenvalue weighted by molar-refractivity contribution is -0.123. The van der Waals surface area contributed by atoms with E-state index in [-0.39, 0.29) is 35.1 Å². The molecule has 0 fully saturated rings. The highest BCUT2D eigenvalue weighted by Gasteiger charge is 2.40. The van der Waals surface area contributed by atoms with Crippen molar-refractivity contribution in [3.8, 4) is 5.69 Å². The maximum absolute atomic E-state index is 13.6. The van der Waals surface area contributed by atoms with Gasteiger partial charge >= 0.3 is 0 Å². The third-order valence-corrected chi connectivity index (χ3v) is 8.49. The fourth-order valence-electron chi connectivity index (χ4n) is 4.24. The molecule has 2 atom stereocenters. The first kappa shape index (κ1) is 25.5. The Kier molecular flexibility index (Phi) is 7.43. The van der Waals surface area contributed by atoms with Crippen LogP contribution in [0.3, 0.4) is 0 Å². The molecule has 0 unspecified atom stereocenters. The molecule has 2 aromatic heterocycles. The van der Waals surface area contributed by atoms with Crippen LogP contribution in [0.25, 0.3) is 5.69 Å². The molecule has 1 aliphatic rings. The van der Waals surface area contributed by atoms with Crippen molar-refractivity contribution in [1.82, 2.24) is 15.1 Å². The van der Waals surface area contributed by atoms with Crippen LogP contribution in [0.15, 0.2) is 41.8 Å². The molecule has 8 heteroatoms. The predicted octanol–water partition coefficient (Wildman–Crippen LogP) is 5.62. The molecular weight excluding hydrogens is 476 g/mol. The summed E-state index contributed by atoms with van der Waals surface area (Å²) in [7, 11) is 0. The van der Waals surface area contributed by atoms with E-state index in [9.17, 15) is 9.59 Å². The van der Waals surface area contributed by atoms with Crippen LogP contribution in [0.5, 0.6) is 0 Å². The van der Waals surface area contributed by atoms with Crippen LogP contribution in [0.2, 0.25) is 0 Å². The van der Waals surface area contributed by atoms with Gasteiger partial charge in [-0.2, -0.15) is 5.10 Å². The fourth-order valence-corrected chi connectivity index (χ4v) is 6.42. The second-order valence-electron chi connectivity index (χ2n) is 10.1. The maximum Gasteiger partial charge on any atom is 0.240 e. The second kappa shape index (κ2) is 10.2. The van der Waals surface area contributed by atoms with Crippen molar-refractivity contribution in [2.24, 2.45) is 0 Å². The number of anilines is 1. The number of fused-ring (bicyclic) bond motifs is 1. The van der Waals surface area contributed by atoms with E-state index in [0.29, 0.717) is 11.6 Å². The lowest BCUT2D eigenvalue weighted by atomic mass is 9.88. The van der Waals surface area contributed by atoms with Gasteiger partial charge in [0.1, 0.15) is 12.4 Å². The van der Waals surface area contributed by atoms with Gasteiger partial charge in [0.2, 0.25) is 11.8 Å². The number of hydrogen-bond acceptors (Lipinski definition) is 5. The van der Waals surface area contributed by atoms with Gasteiger partial charge < -0.3 is 5.32 Å². The van der Waals surface area contributed by atoms with Crippen LogP contribution in [0.4, 0.5) is 5.82 Å². The van der Waals surface area contributed by atoms with Crippen LogP contribution < -0.4 is 10.2 Å². The zero-order valence-corrected chi connectivity index (χ0v) is 22.9. The molecule has 186 valence electrons. The average Bonchev–Trinajstić information content (AvgIpc) is 3.44. The van der Waals surface area contributed by atoms with E-state index in [4.69, 9.17) is 5.10 Å². The first-order valence-electron chi connectivity index (χ1n) is 12.0. The van der Waals surface area contributed by atoms with E-state index in [1.165, 1.54) is 4.88 Å². The summed E-state index contributed by atoms with van der Waals surface area (Å²) < 4.78 is 1.88. The summed E-state index contributed by atoms with van der Waals surface area (Å²) in [5, 5.41) is 10.2. The van der Waals surface area contributed by atoms with Gasteiger partial charge in [0, 0.05) is 21.9 Å². The topological polar surface area (TPSA) is 67.2 Å². The summed E-state index contributed by atoms with van der Waals surface area (Å²) in [5.74, 6) is 0.759. The molecular formula is C27H34N4O2S2. The molecule has 0 saturated heterocycles. The van der Waals surface area contributed by atoms with Gasteiger partial charge in [-0.25, -0.2) is 4.68 Å². The van der Waals surface area contributed by atoms with E-state index >= 15 is 0 Å². The van der Waals surface area contributed by atoms with Crippen molar-refractivity contribution in [3.05, 3.63) is 63.5 Å². The molecule has 1 aromatic carbocycles. The van der Waals surface area contributed by atoms with E-state index in [2.05, 4.69) is 43.6 Å². The lowest BCUT2D eigenvalue weighted by Crippen LogP contribution is -2.44. The van der Waals surface area contributed by atoms with Crippen molar-refractivity contribution in [1.29, 1.82) is 0 Å². The molecule has 2 amide bonds. The highest BCUT2D eigenvalue weighted by molar-refractivity contribution is 8.00. The molecule has 0 spiro atoms. The van der Waals surface area contributed by atoms with Crippen molar-refractivity contribution >= 4 is 40.7 Å². The van der Waals surface area contributed by atoms with Crippen molar-refractivity contribution in [2.45, 2.75) is 64.7 Å². The number of nitrogens with one attached hydrogen (secondary N) is 1. The maximum atomic E-state index is 13.6. The number of hydrogen-bond donors (Lipinski definition) is 1. The smallest absolute Gasteiger partial charge is 0.240 e. The molecule has 0 bridgehead atoms. The first-order chi connectivity index (χ1) is 16.6. The molecule has 3 heterocycles. The Morgan fingerprint density at radius 1 is 1.26 bits per heavy atom. The van der Waals surface area contributed by atoms with E-state index in [1.54, 1.807) is 28.0 Å². The van der Waals surface area contributed by atoms with Crippen LogP contribution in [-0.4, -0.2) is 39.9 Å². The molecule has 0 saturated carbocycles. The van der Waals surface area contributed by atoms with Gasteiger partial charge in [-0.3, -0.25) is 14.5 Å². The minimum absolute atomic E-state index is 0.0328. The van der Waals surface area contributed by atoms with Crippen LogP contribution >= 0.6 is 23.1 Å². The van der Waals surface area contributed by atoms with Gasteiger partial charge in [-0.1, -0.05) is 45.9 Å². The molecule has 0 aliphatic carbocycles. The number of thioether (sulfide) groups is 1. The fraction of sp³-hybridized carbons (Fsp3) is 0.444.